The molecule has 0 bridgehead atoms. The molecule has 0 fully saturated rings. The van der Waals surface area contributed by atoms with Gasteiger partial charge >= 0.3 is 5.97 Å². The zero-order valence-corrected chi connectivity index (χ0v) is 14.2. The molecule has 0 aliphatic rings. The molecule has 1 aromatic carbocycles. The van der Waals surface area contributed by atoms with E-state index in [-0.39, 0.29) is 29.5 Å². The first-order chi connectivity index (χ1) is 12.0. The normalized spacial score (nSPS) is 11.3. The van der Waals surface area contributed by atoms with Gasteiger partial charge in [0.25, 0.3) is 0 Å². The minimum atomic E-state index is -0.611. The lowest BCUT2D eigenvalue weighted by Crippen LogP contribution is -2.05. The number of hydrogen-bond acceptors (Lipinski definition) is 6. The molecule has 0 spiro atoms. The molecular formula is C18H18N4O3. The van der Waals surface area contributed by atoms with Crippen LogP contribution in [0.1, 0.15) is 28.5 Å². The Morgan fingerprint density at radius 3 is 2.84 bits per heavy atom. The Morgan fingerprint density at radius 2 is 2.08 bits per heavy atom. The lowest BCUT2D eigenvalue weighted by atomic mass is 10.1. The van der Waals surface area contributed by atoms with Crippen LogP contribution in [-0.4, -0.2) is 27.1 Å². The summed E-state index contributed by atoms with van der Waals surface area (Å²) in [5, 5.41) is 18.5. The number of aryl methyl sites for hydroxylation is 2. The number of esters is 1. The molecular weight excluding hydrogens is 320 g/mol. The van der Waals surface area contributed by atoms with Gasteiger partial charge in [-0.25, -0.2) is 9.78 Å². The molecule has 25 heavy (non-hydrogen) atoms. The molecule has 3 rings (SSSR count). The highest BCUT2D eigenvalue weighted by molar-refractivity contribution is 5.93. The minimum absolute atomic E-state index is 0.0115. The second-order valence-corrected chi connectivity index (χ2v) is 5.58. The van der Waals surface area contributed by atoms with Crippen molar-refractivity contribution in [3.8, 4) is 5.75 Å². The van der Waals surface area contributed by atoms with Crippen molar-refractivity contribution in [2.75, 3.05) is 6.61 Å². The van der Waals surface area contributed by atoms with E-state index in [0.717, 1.165) is 11.1 Å². The summed E-state index contributed by atoms with van der Waals surface area (Å²) in [6, 6.07) is 8.98. The molecule has 128 valence electrons. The van der Waals surface area contributed by atoms with Crippen LogP contribution in [0.2, 0.25) is 0 Å². The largest absolute Gasteiger partial charge is 0.504 e. The molecule has 1 N–H and O–H groups in total. The number of carbonyl (C=O) groups is 1. The third kappa shape index (κ3) is 3.21. The van der Waals surface area contributed by atoms with E-state index in [1.807, 2.05) is 32.0 Å². The van der Waals surface area contributed by atoms with Crippen LogP contribution < -0.4 is 0 Å². The number of aromatic hydroxyl groups is 1. The van der Waals surface area contributed by atoms with Gasteiger partial charge in [0, 0.05) is 6.20 Å². The van der Waals surface area contributed by atoms with Gasteiger partial charge < -0.3 is 9.84 Å². The summed E-state index contributed by atoms with van der Waals surface area (Å²) < 4.78 is 6.54. The number of aromatic nitrogens is 2. The summed E-state index contributed by atoms with van der Waals surface area (Å²) in [7, 11) is 0. The van der Waals surface area contributed by atoms with Gasteiger partial charge in [0.2, 0.25) is 0 Å². The molecule has 7 nitrogen and oxygen atoms in total. The summed E-state index contributed by atoms with van der Waals surface area (Å²) in [5.41, 5.74) is 2.95. The van der Waals surface area contributed by atoms with Gasteiger partial charge in [0.15, 0.2) is 22.9 Å². The van der Waals surface area contributed by atoms with Crippen LogP contribution in [0.25, 0.3) is 5.65 Å². The van der Waals surface area contributed by atoms with Crippen molar-refractivity contribution in [2.45, 2.75) is 20.8 Å². The van der Waals surface area contributed by atoms with Crippen LogP contribution >= 0.6 is 0 Å². The van der Waals surface area contributed by atoms with Gasteiger partial charge in [-0.3, -0.25) is 4.40 Å². The number of pyridine rings is 1. The number of carbonyl (C=O) groups excluding carboxylic acids is 1. The monoisotopic (exact) mass is 338 g/mol. The van der Waals surface area contributed by atoms with Gasteiger partial charge in [0.05, 0.1) is 12.3 Å². The zero-order chi connectivity index (χ0) is 18.0. The first-order valence-corrected chi connectivity index (χ1v) is 7.87. The molecule has 0 unspecified atom stereocenters. The van der Waals surface area contributed by atoms with Crippen molar-refractivity contribution < 1.29 is 14.6 Å². The Hall–Kier alpha value is -3.22. The van der Waals surface area contributed by atoms with Crippen molar-refractivity contribution in [1.82, 2.24) is 9.38 Å². The lowest BCUT2D eigenvalue weighted by molar-refractivity contribution is 0.0521. The summed E-state index contributed by atoms with van der Waals surface area (Å²) in [6.07, 6.45) is 1.65. The average Bonchev–Trinajstić information content (AvgIpc) is 2.96. The van der Waals surface area contributed by atoms with E-state index in [1.54, 1.807) is 19.2 Å². The fraction of sp³-hybridized carbons (Fsp3) is 0.222. The van der Waals surface area contributed by atoms with Crippen LogP contribution in [0.5, 0.6) is 5.75 Å². The predicted octanol–water partition coefficient (Wildman–Crippen LogP) is 4.25. The summed E-state index contributed by atoms with van der Waals surface area (Å²) >= 11 is 0. The standard InChI is InChI=1S/C18H18N4O3/c1-4-25-18(24)15-17(22-9-5-6-14(23)16(22)19-15)21-20-13-10-11(2)7-8-12(13)3/h5-10,23H,4H2,1-3H3. The lowest BCUT2D eigenvalue weighted by Gasteiger charge is -2.02. The first-order valence-electron chi connectivity index (χ1n) is 7.87. The number of benzene rings is 1. The molecule has 0 amide bonds. The number of ether oxygens (including phenoxy) is 1. The quantitative estimate of drug-likeness (QED) is 0.569. The van der Waals surface area contributed by atoms with E-state index in [0.29, 0.717) is 5.69 Å². The Morgan fingerprint density at radius 1 is 1.28 bits per heavy atom. The highest BCUT2D eigenvalue weighted by Gasteiger charge is 2.21. The molecule has 0 aliphatic heterocycles. The highest BCUT2D eigenvalue weighted by atomic mass is 16.5. The smallest absolute Gasteiger partial charge is 0.360 e. The topological polar surface area (TPSA) is 88.5 Å². The number of nitrogens with zero attached hydrogens (tertiary/aromatic N) is 4. The van der Waals surface area contributed by atoms with Crippen molar-refractivity contribution in [2.24, 2.45) is 10.2 Å². The molecule has 0 aliphatic carbocycles. The number of azo groups is 1. The second-order valence-electron chi connectivity index (χ2n) is 5.58. The Labute approximate surface area is 144 Å². The average molecular weight is 338 g/mol. The van der Waals surface area contributed by atoms with E-state index in [1.165, 1.54) is 10.5 Å². The third-order valence-corrected chi connectivity index (χ3v) is 3.69. The fourth-order valence-corrected chi connectivity index (χ4v) is 2.40. The number of fused-ring (bicyclic) bond motifs is 1. The van der Waals surface area contributed by atoms with Crippen molar-refractivity contribution in [1.29, 1.82) is 0 Å². The Kier molecular flexibility index (Phi) is 4.47. The van der Waals surface area contributed by atoms with Crippen molar-refractivity contribution in [3.63, 3.8) is 0 Å². The molecule has 0 saturated heterocycles. The predicted molar refractivity (Wildman–Crippen MR) is 92.9 cm³/mol. The molecule has 0 radical (unpaired) electrons. The van der Waals surface area contributed by atoms with E-state index in [4.69, 9.17) is 4.74 Å². The summed E-state index contributed by atoms with van der Waals surface area (Å²) in [4.78, 5) is 16.4. The van der Waals surface area contributed by atoms with Gasteiger partial charge in [0.1, 0.15) is 0 Å². The Bertz CT molecular complexity index is 976. The van der Waals surface area contributed by atoms with Gasteiger partial charge in [-0.1, -0.05) is 12.1 Å². The van der Waals surface area contributed by atoms with Crippen molar-refractivity contribution in [3.05, 3.63) is 53.3 Å². The zero-order valence-electron chi connectivity index (χ0n) is 14.2. The summed E-state index contributed by atoms with van der Waals surface area (Å²) in [6.45, 7) is 5.82. The van der Waals surface area contributed by atoms with Crippen LogP contribution in [0.15, 0.2) is 46.8 Å². The van der Waals surface area contributed by atoms with E-state index < -0.39 is 5.97 Å². The number of rotatable bonds is 4. The molecule has 7 heteroatoms. The van der Waals surface area contributed by atoms with E-state index in [9.17, 15) is 9.90 Å². The molecule has 2 aromatic heterocycles. The molecule has 0 atom stereocenters. The van der Waals surface area contributed by atoms with Crippen molar-refractivity contribution >= 4 is 23.1 Å². The molecule has 2 heterocycles. The highest BCUT2D eigenvalue weighted by Crippen LogP contribution is 2.29. The number of hydrogen-bond donors (Lipinski definition) is 1. The Balaban J connectivity index is 2.14. The van der Waals surface area contributed by atoms with Crippen LogP contribution in [0, 0.1) is 13.8 Å². The van der Waals surface area contributed by atoms with Crippen LogP contribution in [0.4, 0.5) is 11.5 Å². The van der Waals surface area contributed by atoms with Gasteiger partial charge in [-0.05, 0) is 50.1 Å². The maximum Gasteiger partial charge on any atom is 0.360 e. The maximum atomic E-state index is 12.2. The summed E-state index contributed by atoms with van der Waals surface area (Å²) in [5.74, 6) is -0.452. The third-order valence-electron chi connectivity index (χ3n) is 3.69. The van der Waals surface area contributed by atoms with E-state index >= 15 is 0 Å². The maximum absolute atomic E-state index is 12.2. The SMILES string of the molecule is CCOC(=O)c1nc2c(O)cccn2c1N=Nc1cc(C)ccc1C. The second kappa shape index (κ2) is 6.72. The first kappa shape index (κ1) is 16.6. The number of imidazole rings is 1. The van der Waals surface area contributed by atoms with Crippen LogP contribution in [-0.2, 0) is 4.74 Å². The fourth-order valence-electron chi connectivity index (χ4n) is 2.40. The van der Waals surface area contributed by atoms with Gasteiger partial charge in [-0.2, -0.15) is 0 Å². The van der Waals surface area contributed by atoms with E-state index in [2.05, 4.69) is 15.2 Å². The van der Waals surface area contributed by atoms with Crippen LogP contribution in [0.3, 0.4) is 0 Å². The van der Waals surface area contributed by atoms with Gasteiger partial charge in [-0.15, -0.1) is 10.2 Å². The molecule has 0 saturated carbocycles. The minimum Gasteiger partial charge on any atom is -0.504 e. The molecule has 3 aromatic rings.